The summed E-state index contributed by atoms with van der Waals surface area (Å²) in [6, 6.07) is 0.899. The zero-order valence-corrected chi connectivity index (χ0v) is 28.8. The van der Waals surface area contributed by atoms with Crippen LogP contribution in [-0.2, 0) is 28.8 Å². The molecule has 1 aromatic carbocycles. The zero-order chi connectivity index (χ0) is 37.2. The molecule has 1 aliphatic carbocycles. The molecule has 3 saturated heterocycles. The molecule has 1 aromatic heterocycles. The molecule has 4 fully saturated rings. The van der Waals surface area contributed by atoms with Gasteiger partial charge in [-0.25, -0.2) is 24.4 Å². The van der Waals surface area contributed by atoms with Gasteiger partial charge < -0.3 is 35.9 Å². The van der Waals surface area contributed by atoms with Gasteiger partial charge in [0, 0.05) is 25.8 Å². The van der Waals surface area contributed by atoms with E-state index >= 15 is 0 Å². The van der Waals surface area contributed by atoms with Crippen LogP contribution in [0.3, 0.4) is 0 Å². The summed E-state index contributed by atoms with van der Waals surface area (Å²) in [4.78, 5) is 99.8. The highest BCUT2D eigenvalue weighted by Crippen LogP contribution is 2.53. The third-order valence-corrected chi connectivity index (χ3v) is 12.1. The van der Waals surface area contributed by atoms with E-state index in [1.807, 2.05) is 0 Å². The number of hydrogen-bond donors (Lipinski definition) is 6. The summed E-state index contributed by atoms with van der Waals surface area (Å²) in [6.45, 7) is -0.998. The van der Waals surface area contributed by atoms with Gasteiger partial charge in [-0.3, -0.25) is 29.5 Å². The average molecular weight is 787 g/mol. The molecule has 1 saturated carbocycles. The second kappa shape index (κ2) is 13.0. The first-order valence-corrected chi connectivity index (χ1v) is 17.3. The number of aliphatic carboxylic acids is 2. The molecule has 0 spiro atoms. The number of β-lactam (4-membered cyclic amide) rings is 1. The van der Waals surface area contributed by atoms with E-state index in [0.29, 0.717) is 11.4 Å². The number of phenolic OH excluding ortho intramolecular Hbond substituents is 2. The summed E-state index contributed by atoms with van der Waals surface area (Å²) in [5.74, 6) is -9.40. The molecule has 6 rings (SSSR count). The number of aromatic hydroxyl groups is 2. The molecule has 7 N–H and O–H groups in total. The van der Waals surface area contributed by atoms with Gasteiger partial charge in [-0.2, -0.15) is 0 Å². The lowest BCUT2D eigenvalue weighted by molar-refractivity contribution is -0.178. The van der Waals surface area contributed by atoms with Gasteiger partial charge in [0.25, 0.3) is 5.78 Å². The van der Waals surface area contributed by atoms with Crippen molar-refractivity contribution in [3.8, 4) is 11.5 Å². The highest BCUT2D eigenvalue weighted by Gasteiger charge is 2.66. The summed E-state index contributed by atoms with van der Waals surface area (Å²) in [5, 5.41) is 42.4. The number of phenols is 2. The van der Waals surface area contributed by atoms with Crippen molar-refractivity contribution < 1.29 is 58.8 Å². The number of benzene rings is 1. The Morgan fingerprint density at radius 1 is 1.10 bits per heavy atom. The number of thiazole rings is 1. The monoisotopic (exact) mass is 785 g/mol. The van der Waals surface area contributed by atoms with E-state index in [2.05, 4.69) is 15.6 Å². The van der Waals surface area contributed by atoms with Gasteiger partial charge in [-0.1, -0.05) is 51.5 Å². The number of aromatic nitrogens is 1. The molecule has 23 heteroatoms. The van der Waals surface area contributed by atoms with Gasteiger partial charge in [0.1, 0.15) is 10.0 Å². The van der Waals surface area contributed by atoms with Crippen LogP contribution in [0.5, 0.6) is 11.5 Å². The summed E-state index contributed by atoms with van der Waals surface area (Å²) in [7, 11) is 0. The van der Waals surface area contributed by atoms with Crippen molar-refractivity contribution in [3.63, 3.8) is 0 Å². The quantitative estimate of drug-likeness (QED) is 0.0439. The average Bonchev–Trinajstić information content (AvgIpc) is 3.72. The number of nitrogens with one attached hydrogen (secondary N) is 1. The number of rotatable bonds is 12. The van der Waals surface area contributed by atoms with Gasteiger partial charge >= 0.3 is 23.9 Å². The smallest absolute Gasteiger partial charge is 0.350 e. The maximum absolute atomic E-state index is 13.6. The van der Waals surface area contributed by atoms with Crippen LogP contribution in [0.25, 0.3) is 0 Å². The maximum Gasteiger partial charge on any atom is 0.350 e. The molecular weight excluding hydrogens is 761 g/mol. The first kappa shape index (κ1) is 35.9. The van der Waals surface area contributed by atoms with E-state index in [4.69, 9.17) is 33.8 Å². The summed E-state index contributed by atoms with van der Waals surface area (Å²) in [5.41, 5.74) is 5.04. The van der Waals surface area contributed by atoms with E-state index < -0.39 is 104 Å². The van der Waals surface area contributed by atoms with E-state index in [0.717, 1.165) is 40.1 Å². The topological polar surface area (TPSA) is 283 Å². The zero-order valence-electron chi connectivity index (χ0n) is 25.7. The third-order valence-electron chi connectivity index (χ3n) is 8.87. The molecule has 0 unspecified atom stereocenters. The number of halogens is 2. The van der Waals surface area contributed by atoms with Gasteiger partial charge in [0.05, 0.1) is 35.0 Å². The van der Waals surface area contributed by atoms with Crippen molar-refractivity contribution >= 4 is 98.5 Å². The Kier molecular flexibility index (Phi) is 9.19. The van der Waals surface area contributed by atoms with E-state index in [9.17, 15) is 54.0 Å². The number of amides is 4. The molecule has 4 heterocycles. The molecule has 51 heavy (non-hydrogen) atoms. The normalized spacial score (nSPS) is 23.7. The number of nitrogen functional groups attached to an aromatic ring is 1. The number of Topliss-reactive ketones (excluding diaryl/α,β-unsaturated/α-hetero) is 2. The fourth-order valence-corrected chi connectivity index (χ4v) is 8.78. The molecule has 270 valence electrons. The van der Waals surface area contributed by atoms with Crippen LogP contribution in [-0.4, -0.2) is 123 Å². The predicted molar refractivity (Wildman–Crippen MR) is 176 cm³/mol. The minimum Gasteiger partial charge on any atom is -0.504 e. The number of thioether (sulfide) groups is 1. The molecule has 19 nitrogen and oxygen atoms in total. The van der Waals surface area contributed by atoms with Crippen molar-refractivity contribution in [3.05, 3.63) is 32.7 Å². The molecule has 3 atom stereocenters. The van der Waals surface area contributed by atoms with Crippen molar-refractivity contribution in [2.75, 3.05) is 25.4 Å². The third kappa shape index (κ3) is 5.92. The number of hydrogen-bond acceptors (Lipinski definition) is 15. The van der Waals surface area contributed by atoms with Crippen LogP contribution in [0.1, 0.15) is 41.7 Å². The lowest BCUT2D eigenvalue weighted by Gasteiger charge is -2.41. The Hall–Kier alpha value is -4.86. The van der Waals surface area contributed by atoms with Crippen LogP contribution in [0.2, 0.25) is 9.36 Å². The van der Waals surface area contributed by atoms with Crippen molar-refractivity contribution in [1.82, 2.24) is 25.2 Å². The number of hydrazine groups is 1. The summed E-state index contributed by atoms with van der Waals surface area (Å²) in [6.07, 6.45) is 0.285. The highest BCUT2D eigenvalue weighted by molar-refractivity contribution is 8.02. The Balaban J connectivity index is 1.17. The molecule has 4 aliphatic rings. The van der Waals surface area contributed by atoms with Crippen molar-refractivity contribution in [2.45, 2.75) is 41.5 Å². The van der Waals surface area contributed by atoms with Crippen molar-refractivity contribution in [1.29, 1.82) is 0 Å². The lowest BCUT2D eigenvalue weighted by atomic mass is 9.80. The maximum atomic E-state index is 13.6. The SMILES string of the molecule is Nc1nc(/C(=N/OC2(C(=O)O)CCC2)C(=O)C[C@@H]2C(=O)N3C[C@@](C(=O)O)(N4CCN(NC(=O)C(=O)c5ccc(O)c(O)c5Cl)C4=O)S[C@H]23)c(Cl)s1. The van der Waals surface area contributed by atoms with Crippen LogP contribution >= 0.6 is 46.3 Å². The fourth-order valence-electron chi connectivity index (χ4n) is 5.91. The predicted octanol–water partition coefficient (Wildman–Crippen LogP) is 1.09. The number of oxime groups is 1. The standard InChI is InChI=1S/C28H25Cl2N7O12S2/c29-14-10(2-3-12(38)18(14)41)17(40)20(42)33-37-7-6-36(26(37)48)28(24(46)47)9-35-21(43)11(22(35)51-28)8-13(39)15(16-19(30)50-25(31)32-16)34-49-27(23(44)45)4-1-5-27/h2-3,11,22,38,41H,1,4-9H2,(H2,31,32)(H,33,42)(H,44,45)(H,46,47)/b34-15+/t11-,22-,28-/m1/s1. The summed E-state index contributed by atoms with van der Waals surface area (Å²) < 4.78 is -0.0434. The lowest BCUT2D eigenvalue weighted by Crippen LogP contribution is -2.60. The molecule has 3 aliphatic heterocycles. The number of carboxylic acid groups (broad SMARTS) is 2. The minimum absolute atomic E-state index is 0.0242. The molecule has 4 amide bonds. The van der Waals surface area contributed by atoms with Crippen LogP contribution in [0.4, 0.5) is 9.93 Å². The number of urea groups is 1. The van der Waals surface area contributed by atoms with E-state index in [-0.39, 0.29) is 41.1 Å². The first-order valence-electron chi connectivity index (χ1n) is 14.8. The minimum atomic E-state index is -2.06. The molecule has 2 aromatic rings. The molecule has 0 bridgehead atoms. The van der Waals surface area contributed by atoms with Gasteiger partial charge in [-0.15, -0.1) is 0 Å². The largest absolute Gasteiger partial charge is 0.504 e. The number of nitrogens with zero attached hydrogens (tertiary/aromatic N) is 5. The Labute approximate surface area is 303 Å². The first-order chi connectivity index (χ1) is 24.0. The van der Waals surface area contributed by atoms with Crippen LogP contribution < -0.4 is 11.2 Å². The van der Waals surface area contributed by atoms with Crippen LogP contribution in [0, 0.1) is 5.92 Å². The Morgan fingerprint density at radius 3 is 2.39 bits per heavy atom. The number of fused-ring (bicyclic) bond motifs is 1. The number of ketones is 2. The Morgan fingerprint density at radius 2 is 1.80 bits per heavy atom. The molecular formula is C28H25Cl2N7O12S2. The number of carboxylic acids is 2. The number of carbonyl (C=O) groups is 7. The van der Waals surface area contributed by atoms with Gasteiger partial charge in [0.2, 0.25) is 16.4 Å². The number of anilines is 1. The fraction of sp³-hybridized carbons (Fsp3) is 0.393. The van der Waals surface area contributed by atoms with Gasteiger partial charge in [-0.05, 0) is 18.6 Å². The second-order valence-electron chi connectivity index (χ2n) is 11.8. The summed E-state index contributed by atoms with van der Waals surface area (Å²) >= 11 is 13.7. The van der Waals surface area contributed by atoms with Gasteiger partial charge in [0.15, 0.2) is 28.1 Å². The van der Waals surface area contributed by atoms with E-state index in [1.165, 1.54) is 4.90 Å². The Bertz CT molecular complexity index is 1960. The highest BCUT2D eigenvalue weighted by atomic mass is 35.5. The van der Waals surface area contributed by atoms with Crippen LogP contribution in [0.15, 0.2) is 17.3 Å². The second-order valence-corrected chi connectivity index (χ2v) is 15.2. The van der Waals surface area contributed by atoms with Crippen molar-refractivity contribution in [2.24, 2.45) is 11.1 Å². The number of nitrogens with two attached hydrogens (primary N) is 1. The van der Waals surface area contributed by atoms with E-state index in [1.54, 1.807) is 0 Å². The number of carbonyl (C=O) groups excluding carboxylic acids is 5. The molecule has 0 radical (unpaired) electrons.